The maximum absolute atomic E-state index is 13.1. The average molecular weight is 547 g/mol. The first-order valence-corrected chi connectivity index (χ1v) is 13.6. The molecule has 2 aromatic carbocycles. The van der Waals surface area contributed by atoms with Crippen molar-refractivity contribution in [2.24, 2.45) is 0 Å². The van der Waals surface area contributed by atoms with Crippen LogP contribution in [0.4, 0.5) is 28.8 Å². The molecule has 2 aliphatic heterocycles. The number of nitriles is 1. The summed E-state index contributed by atoms with van der Waals surface area (Å²) < 4.78 is 6.12. The summed E-state index contributed by atoms with van der Waals surface area (Å²) in [4.78, 5) is 30.5. The SMILES string of the molecule is Cc1cnc2nc1Nc1ccc(OCC(=O)N3CCN(c4ccccc4C#N)CC3)c(c1)CCc1cncc(c1)N2. The molecule has 0 aliphatic carbocycles. The van der Waals surface area contributed by atoms with Gasteiger partial charge in [0.15, 0.2) is 6.61 Å². The topological polar surface area (TPSA) is 119 Å². The summed E-state index contributed by atoms with van der Waals surface area (Å²) in [6.07, 6.45) is 6.85. The van der Waals surface area contributed by atoms with Crippen molar-refractivity contribution >= 4 is 34.7 Å². The van der Waals surface area contributed by atoms with E-state index in [1.54, 1.807) is 12.4 Å². The first-order valence-electron chi connectivity index (χ1n) is 13.6. The normalized spacial score (nSPS) is 14.3. The molecule has 6 rings (SSSR count). The summed E-state index contributed by atoms with van der Waals surface area (Å²) >= 11 is 0. The van der Waals surface area contributed by atoms with Crippen LogP contribution in [0.2, 0.25) is 0 Å². The van der Waals surface area contributed by atoms with Crippen molar-refractivity contribution in [2.45, 2.75) is 19.8 Å². The lowest BCUT2D eigenvalue weighted by Crippen LogP contribution is -2.50. The molecular weight excluding hydrogens is 516 g/mol. The second kappa shape index (κ2) is 11.5. The van der Waals surface area contributed by atoms with Crippen molar-refractivity contribution in [1.82, 2.24) is 19.9 Å². The number of carbonyl (C=O) groups is 1. The van der Waals surface area contributed by atoms with Gasteiger partial charge in [-0.25, -0.2) is 4.98 Å². The van der Waals surface area contributed by atoms with Crippen molar-refractivity contribution in [3.05, 3.63) is 89.4 Å². The molecule has 0 spiro atoms. The van der Waals surface area contributed by atoms with Gasteiger partial charge < -0.3 is 25.2 Å². The molecule has 4 aromatic rings. The van der Waals surface area contributed by atoms with Crippen LogP contribution in [0.3, 0.4) is 0 Å². The largest absolute Gasteiger partial charge is 0.483 e. The van der Waals surface area contributed by atoms with E-state index in [9.17, 15) is 10.1 Å². The molecular formula is C31H30N8O2. The lowest BCUT2D eigenvalue weighted by molar-refractivity contribution is -0.133. The molecule has 0 unspecified atom stereocenters. The number of amides is 1. The van der Waals surface area contributed by atoms with Gasteiger partial charge in [0.2, 0.25) is 5.95 Å². The van der Waals surface area contributed by atoms with Crippen LogP contribution in [-0.4, -0.2) is 58.5 Å². The number of aryl methyl sites for hydroxylation is 3. The quantitative estimate of drug-likeness (QED) is 0.385. The van der Waals surface area contributed by atoms with E-state index < -0.39 is 0 Å². The summed E-state index contributed by atoms with van der Waals surface area (Å²) in [5, 5.41) is 16.1. The van der Waals surface area contributed by atoms with Gasteiger partial charge in [-0.1, -0.05) is 12.1 Å². The van der Waals surface area contributed by atoms with Gasteiger partial charge in [-0.05, 0) is 67.3 Å². The minimum Gasteiger partial charge on any atom is -0.483 e. The molecule has 1 saturated heterocycles. The average Bonchev–Trinajstić information content (AvgIpc) is 3.01. The fraction of sp³-hybridized carbons (Fsp3) is 0.258. The van der Waals surface area contributed by atoms with E-state index in [0.717, 1.165) is 40.2 Å². The van der Waals surface area contributed by atoms with Crippen LogP contribution < -0.4 is 20.3 Å². The van der Waals surface area contributed by atoms with Crippen LogP contribution in [-0.2, 0) is 17.6 Å². The molecule has 2 aromatic heterocycles. The predicted molar refractivity (Wildman–Crippen MR) is 157 cm³/mol. The Morgan fingerprint density at radius 1 is 1.00 bits per heavy atom. The van der Waals surface area contributed by atoms with Gasteiger partial charge in [0.25, 0.3) is 5.91 Å². The smallest absolute Gasteiger partial charge is 0.260 e. The Bertz CT molecular complexity index is 1620. The van der Waals surface area contributed by atoms with Gasteiger partial charge in [0.05, 0.1) is 23.1 Å². The molecule has 2 aliphatic rings. The van der Waals surface area contributed by atoms with Crippen molar-refractivity contribution < 1.29 is 9.53 Å². The molecule has 6 bridgehead atoms. The number of benzene rings is 2. The van der Waals surface area contributed by atoms with E-state index >= 15 is 0 Å². The molecule has 10 nitrogen and oxygen atoms in total. The number of rotatable bonds is 4. The number of hydrogen-bond donors (Lipinski definition) is 2. The van der Waals surface area contributed by atoms with E-state index in [4.69, 9.17) is 4.74 Å². The fourth-order valence-electron chi connectivity index (χ4n) is 5.13. The first kappa shape index (κ1) is 26.1. The molecule has 10 heteroatoms. The van der Waals surface area contributed by atoms with Crippen LogP contribution in [0.5, 0.6) is 5.75 Å². The lowest BCUT2D eigenvalue weighted by Gasteiger charge is -2.36. The number of aromatic nitrogens is 3. The number of anilines is 5. The second-order valence-corrected chi connectivity index (χ2v) is 10.2. The predicted octanol–water partition coefficient (Wildman–Crippen LogP) is 4.37. The molecule has 1 amide bonds. The number of pyridine rings is 1. The number of ether oxygens (including phenoxy) is 1. The molecule has 41 heavy (non-hydrogen) atoms. The van der Waals surface area contributed by atoms with Crippen molar-refractivity contribution in [2.75, 3.05) is 48.3 Å². The third-order valence-electron chi connectivity index (χ3n) is 7.38. The van der Waals surface area contributed by atoms with Crippen LogP contribution in [0.25, 0.3) is 0 Å². The zero-order valence-electron chi connectivity index (χ0n) is 22.8. The van der Waals surface area contributed by atoms with Crippen molar-refractivity contribution in [1.29, 1.82) is 5.26 Å². The number of nitrogens with zero attached hydrogens (tertiary/aromatic N) is 6. The lowest BCUT2D eigenvalue weighted by atomic mass is 10.0. The molecule has 1 fully saturated rings. The highest BCUT2D eigenvalue weighted by molar-refractivity contribution is 5.78. The minimum absolute atomic E-state index is 0.0378. The van der Waals surface area contributed by atoms with E-state index in [1.807, 2.05) is 60.5 Å². The number of fused-ring (bicyclic) bond motifs is 6. The van der Waals surface area contributed by atoms with Gasteiger partial charge in [-0.2, -0.15) is 10.2 Å². The van der Waals surface area contributed by atoms with E-state index in [1.165, 1.54) is 0 Å². The van der Waals surface area contributed by atoms with E-state index in [0.29, 0.717) is 55.7 Å². The third kappa shape index (κ3) is 5.89. The Hall–Kier alpha value is -5.17. The summed E-state index contributed by atoms with van der Waals surface area (Å²) in [7, 11) is 0. The Morgan fingerprint density at radius 2 is 1.85 bits per heavy atom. The molecule has 206 valence electrons. The number of piperazine rings is 1. The highest BCUT2D eigenvalue weighted by Crippen LogP contribution is 2.29. The Balaban J connectivity index is 1.16. The number of hydrogen-bond acceptors (Lipinski definition) is 9. The highest BCUT2D eigenvalue weighted by atomic mass is 16.5. The highest BCUT2D eigenvalue weighted by Gasteiger charge is 2.23. The fourth-order valence-corrected chi connectivity index (χ4v) is 5.13. The van der Waals surface area contributed by atoms with E-state index in [-0.39, 0.29) is 12.5 Å². The zero-order chi connectivity index (χ0) is 28.2. The van der Waals surface area contributed by atoms with Gasteiger partial charge in [-0.15, -0.1) is 0 Å². The molecule has 0 saturated carbocycles. The standard InChI is InChI=1S/C31H30N8O2/c1-21-17-34-31-36-26-14-22(18-33-19-26)6-7-23-15-25(35-30(21)37-31)8-9-28(23)41-20-29(40)39-12-10-38(11-13-39)27-5-3-2-4-24(27)16-32/h2-5,8-9,14-15,17-19H,6-7,10-13,20H2,1H3,(H2,34,35,36,37). The molecule has 4 heterocycles. The molecule has 2 N–H and O–H groups in total. The van der Waals surface area contributed by atoms with Crippen molar-refractivity contribution in [3.8, 4) is 11.8 Å². The van der Waals surface area contributed by atoms with Crippen LogP contribution in [0.1, 0.15) is 22.3 Å². The van der Waals surface area contributed by atoms with Gasteiger partial charge in [0.1, 0.15) is 17.6 Å². The summed E-state index contributed by atoms with van der Waals surface area (Å²) in [6.45, 7) is 4.41. The summed E-state index contributed by atoms with van der Waals surface area (Å²) in [5.41, 5.74) is 6.24. The Kier molecular flexibility index (Phi) is 7.32. The monoisotopic (exact) mass is 546 g/mol. The molecule has 0 radical (unpaired) electrons. The second-order valence-electron chi connectivity index (χ2n) is 10.2. The van der Waals surface area contributed by atoms with Crippen LogP contribution in [0.15, 0.2) is 67.1 Å². The maximum Gasteiger partial charge on any atom is 0.260 e. The van der Waals surface area contributed by atoms with Gasteiger partial charge in [0, 0.05) is 49.8 Å². The number of nitrogens with one attached hydrogen (secondary N) is 2. The number of carbonyl (C=O) groups excluding carboxylic acids is 1. The Labute approximate surface area is 238 Å². The number of para-hydroxylation sites is 1. The Morgan fingerprint density at radius 3 is 2.71 bits per heavy atom. The maximum atomic E-state index is 13.1. The third-order valence-corrected chi connectivity index (χ3v) is 7.38. The minimum atomic E-state index is -0.0515. The summed E-state index contributed by atoms with van der Waals surface area (Å²) in [5.74, 6) is 1.83. The van der Waals surface area contributed by atoms with E-state index in [2.05, 4.69) is 42.6 Å². The van der Waals surface area contributed by atoms with Crippen LogP contribution in [0, 0.1) is 18.3 Å². The van der Waals surface area contributed by atoms with Gasteiger partial charge >= 0.3 is 0 Å². The first-order chi connectivity index (χ1) is 20.1. The van der Waals surface area contributed by atoms with Crippen LogP contribution >= 0.6 is 0 Å². The molecule has 0 atom stereocenters. The summed E-state index contributed by atoms with van der Waals surface area (Å²) in [6, 6.07) is 17.8. The van der Waals surface area contributed by atoms with Gasteiger partial charge in [-0.3, -0.25) is 9.78 Å². The zero-order valence-corrected chi connectivity index (χ0v) is 22.8. The van der Waals surface area contributed by atoms with Crippen molar-refractivity contribution in [3.63, 3.8) is 0 Å².